The van der Waals surface area contributed by atoms with Gasteiger partial charge in [-0.05, 0) is 97.7 Å². The molecular formula is C53H35NO. The second-order valence-corrected chi connectivity index (χ2v) is 14.4. The topological polar surface area (TPSA) is 16.4 Å². The number of hydrogen-bond acceptors (Lipinski definition) is 2. The summed E-state index contributed by atoms with van der Waals surface area (Å²) in [6.07, 6.45) is 0. The molecule has 9 aromatic carbocycles. The molecule has 2 nitrogen and oxygen atoms in total. The smallest absolute Gasteiger partial charge is 0.137 e. The van der Waals surface area contributed by atoms with Crippen molar-refractivity contribution in [3.05, 3.63) is 235 Å². The van der Waals surface area contributed by atoms with Gasteiger partial charge in [-0.25, -0.2) is 0 Å². The summed E-state index contributed by atoms with van der Waals surface area (Å²) in [6.45, 7) is 0. The van der Waals surface area contributed by atoms with Gasteiger partial charge in [-0.3, -0.25) is 0 Å². The fourth-order valence-corrected chi connectivity index (χ4v) is 9.29. The van der Waals surface area contributed by atoms with Crippen LogP contribution in [0, 0.1) is 0 Å². The number of benzene rings is 9. The van der Waals surface area contributed by atoms with Crippen LogP contribution in [0.5, 0.6) is 0 Å². The maximum atomic E-state index is 6.44. The first kappa shape index (κ1) is 31.4. The molecular weight excluding hydrogens is 667 g/mol. The van der Waals surface area contributed by atoms with E-state index in [0.29, 0.717) is 0 Å². The highest BCUT2D eigenvalue weighted by Crippen LogP contribution is 2.59. The first-order valence-electron chi connectivity index (χ1n) is 18.9. The average molecular weight is 702 g/mol. The van der Waals surface area contributed by atoms with Crippen LogP contribution < -0.4 is 4.90 Å². The van der Waals surface area contributed by atoms with Crippen LogP contribution in [0.1, 0.15) is 22.3 Å². The summed E-state index contributed by atoms with van der Waals surface area (Å²) < 4.78 is 6.44. The zero-order chi connectivity index (χ0) is 36.3. The first-order valence-corrected chi connectivity index (χ1v) is 18.9. The molecule has 1 aliphatic rings. The second-order valence-electron chi connectivity index (χ2n) is 14.4. The Morgan fingerprint density at radius 1 is 0.382 bits per heavy atom. The summed E-state index contributed by atoms with van der Waals surface area (Å²) >= 11 is 0. The number of hydrogen-bond donors (Lipinski definition) is 0. The number of fused-ring (bicyclic) bond motifs is 8. The van der Waals surface area contributed by atoms with Crippen molar-refractivity contribution in [2.24, 2.45) is 0 Å². The van der Waals surface area contributed by atoms with E-state index in [1.54, 1.807) is 0 Å². The Kier molecular flexibility index (Phi) is 7.11. The van der Waals surface area contributed by atoms with Gasteiger partial charge in [-0.2, -0.15) is 0 Å². The van der Waals surface area contributed by atoms with Gasteiger partial charge in [0.2, 0.25) is 0 Å². The molecule has 0 unspecified atom stereocenters. The van der Waals surface area contributed by atoms with E-state index in [9.17, 15) is 0 Å². The van der Waals surface area contributed by atoms with E-state index in [1.807, 2.05) is 6.07 Å². The number of furan rings is 1. The van der Waals surface area contributed by atoms with E-state index in [2.05, 4.69) is 211 Å². The monoisotopic (exact) mass is 701 g/mol. The predicted octanol–water partition coefficient (Wildman–Crippen LogP) is 14.2. The standard InChI is InChI=1S/C53H35NO/c1-5-17-36(18-6-1)41-26-15-27-43-42(41)33-34-46-51(43)44-32-31-40(35-47(44)53(46,37-19-7-2-8-20-37)38-21-9-3-10-22-38)54(39-23-11-4-12-24-39)48-28-16-30-50-52(48)45-25-13-14-29-49(45)55-50/h1-35H. The van der Waals surface area contributed by atoms with Gasteiger partial charge in [0.1, 0.15) is 11.2 Å². The zero-order valence-electron chi connectivity index (χ0n) is 30.1. The maximum Gasteiger partial charge on any atom is 0.137 e. The minimum Gasteiger partial charge on any atom is -0.456 e. The Balaban J connectivity index is 1.25. The Hall–Kier alpha value is -7.16. The molecule has 0 bridgehead atoms. The van der Waals surface area contributed by atoms with Crippen LogP contribution in [0.2, 0.25) is 0 Å². The molecule has 0 amide bonds. The Labute approximate surface area is 320 Å². The Bertz CT molecular complexity index is 2980. The summed E-state index contributed by atoms with van der Waals surface area (Å²) in [5.74, 6) is 0. The molecule has 0 spiro atoms. The zero-order valence-corrected chi connectivity index (χ0v) is 30.1. The SMILES string of the molecule is c1ccc(-c2cccc3c4c(ccc23)C(c2ccccc2)(c2ccccc2)c2cc(N(c3ccccc3)c3cccc5oc6ccccc6c35)ccc2-4)cc1. The minimum atomic E-state index is -0.573. The first-order chi connectivity index (χ1) is 27.3. The van der Waals surface area contributed by atoms with E-state index in [1.165, 1.54) is 55.3 Å². The molecule has 0 saturated carbocycles. The molecule has 0 aliphatic heterocycles. The van der Waals surface area contributed by atoms with Gasteiger partial charge in [0.05, 0.1) is 16.5 Å². The molecule has 55 heavy (non-hydrogen) atoms. The van der Waals surface area contributed by atoms with Gasteiger partial charge in [0, 0.05) is 16.8 Å². The quantitative estimate of drug-likeness (QED) is 0.172. The van der Waals surface area contributed by atoms with Crippen molar-refractivity contribution < 1.29 is 4.42 Å². The number of anilines is 3. The Morgan fingerprint density at radius 2 is 1.00 bits per heavy atom. The second kappa shape index (κ2) is 12.5. The lowest BCUT2D eigenvalue weighted by Gasteiger charge is -2.35. The molecule has 2 heteroatoms. The molecule has 258 valence electrons. The van der Waals surface area contributed by atoms with Crippen molar-refractivity contribution in [3.8, 4) is 22.3 Å². The summed E-state index contributed by atoms with van der Waals surface area (Å²) in [5.41, 5.74) is 14.5. The van der Waals surface area contributed by atoms with Gasteiger partial charge in [-0.1, -0.05) is 170 Å². The van der Waals surface area contributed by atoms with Crippen LogP contribution in [0.25, 0.3) is 55.0 Å². The third-order valence-electron chi connectivity index (χ3n) is 11.5. The molecule has 10 aromatic rings. The van der Waals surface area contributed by atoms with Crippen LogP contribution >= 0.6 is 0 Å². The molecule has 1 heterocycles. The van der Waals surface area contributed by atoms with E-state index in [0.717, 1.165) is 39.0 Å². The summed E-state index contributed by atoms with van der Waals surface area (Å²) in [5, 5.41) is 4.72. The number of rotatable bonds is 6. The maximum absolute atomic E-state index is 6.44. The molecule has 0 saturated heterocycles. The van der Waals surface area contributed by atoms with Crippen LogP contribution in [0.15, 0.2) is 217 Å². The fraction of sp³-hybridized carbons (Fsp3) is 0.0189. The van der Waals surface area contributed by atoms with E-state index in [-0.39, 0.29) is 0 Å². The molecule has 1 aliphatic carbocycles. The number of para-hydroxylation sites is 2. The van der Waals surface area contributed by atoms with Gasteiger partial charge in [-0.15, -0.1) is 0 Å². The molecule has 0 fully saturated rings. The molecule has 1 aromatic heterocycles. The third-order valence-corrected chi connectivity index (χ3v) is 11.5. The third kappa shape index (κ3) is 4.68. The van der Waals surface area contributed by atoms with Gasteiger partial charge in [0.25, 0.3) is 0 Å². The van der Waals surface area contributed by atoms with Crippen molar-refractivity contribution in [2.75, 3.05) is 4.90 Å². The van der Waals surface area contributed by atoms with Crippen molar-refractivity contribution >= 4 is 49.8 Å². The van der Waals surface area contributed by atoms with Crippen LogP contribution in [0.4, 0.5) is 17.1 Å². The van der Waals surface area contributed by atoms with Crippen molar-refractivity contribution in [3.63, 3.8) is 0 Å². The Morgan fingerprint density at radius 3 is 1.75 bits per heavy atom. The fourth-order valence-electron chi connectivity index (χ4n) is 9.29. The van der Waals surface area contributed by atoms with Crippen molar-refractivity contribution in [1.82, 2.24) is 0 Å². The largest absolute Gasteiger partial charge is 0.456 e. The summed E-state index contributed by atoms with van der Waals surface area (Å²) in [6, 6.07) is 77.1. The van der Waals surface area contributed by atoms with Gasteiger partial charge < -0.3 is 9.32 Å². The highest BCUT2D eigenvalue weighted by Gasteiger charge is 2.47. The lowest BCUT2D eigenvalue weighted by atomic mass is 9.67. The van der Waals surface area contributed by atoms with Crippen molar-refractivity contribution in [1.29, 1.82) is 0 Å². The molecule has 0 N–H and O–H groups in total. The van der Waals surface area contributed by atoms with Crippen molar-refractivity contribution in [2.45, 2.75) is 5.41 Å². The lowest BCUT2D eigenvalue weighted by Crippen LogP contribution is -2.28. The van der Waals surface area contributed by atoms with Crippen LogP contribution in [0.3, 0.4) is 0 Å². The molecule has 0 atom stereocenters. The molecule has 11 rings (SSSR count). The predicted molar refractivity (Wildman–Crippen MR) is 229 cm³/mol. The normalized spacial score (nSPS) is 12.9. The van der Waals surface area contributed by atoms with Gasteiger partial charge in [0.15, 0.2) is 0 Å². The van der Waals surface area contributed by atoms with Gasteiger partial charge >= 0.3 is 0 Å². The van der Waals surface area contributed by atoms with E-state index in [4.69, 9.17) is 4.42 Å². The van der Waals surface area contributed by atoms with Crippen LogP contribution in [-0.4, -0.2) is 0 Å². The van der Waals surface area contributed by atoms with Crippen LogP contribution in [-0.2, 0) is 5.41 Å². The van der Waals surface area contributed by atoms with E-state index >= 15 is 0 Å². The number of nitrogens with zero attached hydrogens (tertiary/aromatic N) is 1. The summed E-state index contributed by atoms with van der Waals surface area (Å²) in [7, 11) is 0. The minimum absolute atomic E-state index is 0.573. The summed E-state index contributed by atoms with van der Waals surface area (Å²) in [4.78, 5) is 2.40. The highest BCUT2D eigenvalue weighted by molar-refractivity contribution is 6.14. The highest BCUT2D eigenvalue weighted by atomic mass is 16.3. The average Bonchev–Trinajstić information content (AvgIpc) is 3.79. The lowest BCUT2D eigenvalue weighted by molar-refractivity contribution is 0.669. The van der Waals surface area contributed by atoms with E-state index < -0.39 is 5.41 Å². The molecule has 0 radical (unpaired) electrons.